The van der Waals surface area contributed by atoms with Gasteiger partial charge in [-0.05, 0) is 37.3 Å². The minimum Gasteiger partial charge on any atom is -0.355 e. The number of anilines is 1. The van der Waals surface area contributed by atoms with E-state index in [4.69, 9.17) is 0 Å². The average Bonchev–Trinajstić information content (AvgIpc) is 3.39. The quantitative estimate of drug-likeness (QED) is 0.513. The summed E-state index contributed by atoms with van der Waals surface area (Å²) in [6.07, 6.45) is 3.33. The zero-order chi connectivity index (χ0) is 19.2. The van der Waals surface area contributed by atoms with Crippen molar-refractivity contribution in [3.63, 3.8) is 0 Å². The van der Waals surface area contributed by atoms with Gasteiger partial charge in [0.15, 0.2) is 4.34 Å². The Morgan fingerprint density at radius 1 is 1.30 bits per heavy atom. The number of hydrogen-bond acceptors (Lipinski definition) is 6. The molecule has 1 aliphatic rings. The van der Waals surface area contributed by atoms with E-state index in [0.29, 0.717) is 28.2 Å². The lowest BCUT2D eigenvalue weighted by Crippen LogP contribution is -2.32. The number of carbonyl (C=O) groups is 2. The van der Waals surface area contributed by atoms with E-state index in [1.54, 1.807) is 4.90 Å². The van der Waals surface area contributed by atoms with Gasteiger partial charge in [-0.1, -0.05) is 54.3 Å². The van der Waals surface area contributed by atoms with Gasteiger partial charge < -0.3 is 5.32 Å². The molecule has 1 heterocycles. The number of aromatic nitrogens is 2. The van der Waals surface area contributed by atoms with Crippen molar-refractivity contribution >= 4 is 40.0 Å². The molecule has 1 aromatic carbocycles. The van der Waals surface area contributed by atoms with Crippen LogP contribution < -0.4 is 10.2 Å². The molecule has 0 saturated heterocycles. The summed E-state index contributed by atoms with van der Waals surface area (Å²) in [4.78, 5) is 26.0. The molecule has 3 rings (SSSR count). The Kier molecular flexibility index (Phi) is 6.84. The lowest BCUT2D eigenvalue weighted by atomic mass is 10.1. The third kappa shape index (κ3) is 5.52. The molecule has 2 amide bonds. The maximum Gasteiger partial charge on any atom is 0.230 e. The number of nitrogens with one attached hydrogen (secondary N) is 1. The number of carbonyl (C=O) groups excluding carboxylic acids is 2. The second kappa shape index (κ2) is 9.32. The molecule has 0 bridgehead atoms. The van der Waals surface area contributed by atoms with Crippen LogP contribution in [0.1, 0.15) is 37.3 Å². The molecule has 0 unspecified atom stereocenters. The highest BCUT2D eigenvalue weighted by molar-refractivity contribution is 8.01. The van der Waals surface area contributed by atoms with Gasteiger partial charge in [0.2, 0.25) is 16.9 Å². The Labute approximate surface area is 167 Å². The zero-order valence-electron chi connectivity index (χ0n) is 15.6. The number of amides is 2. The fraction of sp³-hybridized carbons (Fsp3) is 0.474. The first-order valence-electron chi connectivity index (χ1n) is 9.18. The van der Waals surface area contributed by atoms with Gasteiger partial charge in [-0.2, -0.15) is 0 Å². The van der Waals surface area contributed by atoms with Crippen LogP contribution in [-0.4, -0.2) is 40.4 Å². The van der Waals surface area contributed by atoms with Crippen LogP contribution in [0.15, 0.2) is 28.6 Å². The van der Waals surface area contributed by atoms with Crippen LogP contribution in [-0.2, 0) is 16.0 Å². The third-order valence-corrected chi connectivity index (χ3v) is 6.45. The van der Waals surface area contributed by atoms with Crippen LogP contribution in [0.2, 0.25) is 0 Å². The van der Waals surface area contributed by atoms with Gasteiger partial charge in [0.1, 0.15) is 0 Å². The smallest absolute Gasteiger partial charge is 0.230 e. The Bertz CT molecular complexity index is 805. The number of thioether (sulfide) groups is 1. The summed E-state index contributed by atoms with van der Waals surface area (Å²) in [5.41, 5.74) is 2.49. The van der Waals surface area contributed by atoms with E-state index in [1.807, 2.05) is 19.1 Å². The maximum absolute atomic E-state index is 12.1. The van der Waals surface area contributed by atoms with E-state index in [1.165, 1.54) is 34.2 Å². The zero-order valence-corrected chi connectivity index (χ0v) is 17.2. The molecule has 0 aliphatic heterocycles. The van der Waals surface area contributed by atoms with Crippen LogP contribution in [0.4, 0.5) is 5.13 Å². The minimum atomic E-state index is -0.0194. The lowest BCUT2D eigenvalue weighted by molar-refractivity contribution is -0.119. The van der Waals surface area contributed by atoms with Crippen molar-refractivity contribution in [2.45, 2.75) is 49.9 Å². The first kappa shape index (κ1) is 19.8. The lowest BCUT2D eigenvalue weighted by Gasteiger charge is -2.17. The molecule has 1 aromatic heterocycles. The van der Waals surface area contributed by atoms with E-state index in [-0.39, 0.29) is 17.9 Å². The van der Waals surface area contributed by atoms with Crippen LogP contribution in [0.3, 0.4) is 0 Å². The van der Waals surface area contributed by atoms with E-state index < -0.39 is 0 Å². The van der Waals surface area contributed by atoms with Gasteiger partial charge in [-0.3, -0.25) is 14.5 Å². The van der Waals surface area contributed by atoms with Gasteiger partial charge in [0, 0.05) is 19.0 Å². The summed E-state index contributed by atoms with van der Waals surface area (Å²) in [5, 5.41) is 11.9. The summed E-state index contributed by atoms with van der Waals surface area (Å²) in [5.74, 6) is 0.362. The van der Waals surface area contributed by atoms with E-state index in [0.717, 1.165) is 19.3 Å². The molecule has 1 N–H and O–H groups in total. The largest absolute Gasteiger partial charge is 0.355 e. The van der Waals surface area contributed by atoms with E-state index >= 15 is 0 Å². The highest BCUT2D eigenvalue weighted by atomic mass is 32.2. The van der Waals surface area contributed by atoms with Crippen LogP contribution in [0.5, 0.6) is 0 Å². The number of hydrogen-bond donors (Lipinski definition) is 1. The van der Waals surface area contributed by atoms with Gasteiger partial charge in [0.05, 0.1) is 5.75 Å². The van der Waals surface area contributed by atoms with Crippen molar-refractivity contribution < 1.29 is 9.59 Å². The standard InChI is InChI=1S/C19H24N4O2S2/c1-3-17(25)23(15-8-9-15)18-21-22-19(27-18)26-12-16(24)20-11-10-14-7-5-4-6-13(14)2/h4-7,15H,3,8-12H2,1-2H3,(H,20,24). The molecule has 1 aliphatic carbocycles. The summed E-state index contributed by atoms with van der Waals surface area (Å²) in [6, 6.07) is 8.47. The molecular weight excluding hydrogens is 380 g/mol. The summed E-state index contributed by atoms with van der Waals surface area (Å²) in [7, 11) is 0. The highest BCUT2D eigenvalue weighted by Gasteiger charge is 2.35. The Morgan fingerprint density at radius 2 is 2.07 bits per heavy atom. The minimum absolute atomic E-state index is 0.0194. The molecular formula is C19H24N4O2S2. The highest BCUT2D eigenvalue weighted by Crippen LogP contribution is 2.36. The normalized spacial score (nSPS) is 13.4. The molecule has 8 heteroatoms. The summed E-state index contributed by atoms with van der Waals surface area (Å²) in [6.45, 7) is 4.55. The topological polar surface area (TPSA) is 75.2 Å². The molecule has 0 radical (unpaired) electrons. The summed E-state index contributed by atoms with van der Waals surface area (Å²) >= 11 is 2.75. The van der Waals surface area contributed by atoms with Crippen molar-refractivity contribution in [1.82, 2.24) is 15.5 Å². The Hall–Kier alpha value is -1.93. The Balaban J connectivity index is 1.44. The van der Waals surface area contributed by atoms with Crippen molar-refractivity contribution in [3.05, 3.63) is 35.4 Å². The SMILES string of the molecule is CCC(=O)N(c1nnc(SCC(=O)NCCc2ccccc2C)s1)C1CC1. The molecule has 0 spiro atoms. The average molecular weight is 405 g/mol. The molecule has 2 aromatic rings. The van der Waals surface area contributed by atoms with Crippen molar-refractivity contribution in [1.29, 1.82) is 0 Å². The van der Waals surface area contributed by atoms with Gasteiger partial charge in [-0.15, -0.1) is 10.2 Å². The predicted molar refractivity (Wildman–Crippen MR) is 109 cm³/mol. The molecule has 1 fully saturated rings. The van der Waals surface area contributed by atoms with Gasteiger partial charge in [0.25, 0.3) is 0 Å². The fourth-order valence-electron chi connectivity index (χ4n) is 2.73. The molecule has 6 nitrogen and oxygen atoms in total. The molecule has 0 atom stereocenters. The summed E-state index contributed by atoms with van der Waals surface area (Å²) < 4.78 is 0.716. The third-order valence-electron chi connectivity index (χ3n) is 4.39. The monoisotopic (exact) mass is 404 g/mol. The van der Waals surface area contributed by atoms with Crippen molar-refractivity contribution in [3.8, 4) is 0 Å². The van der Waals surface area contributed by atoms with Crippen LogP contribution in [0.25, 0.3) is 0 Å². The molecule has 1 saturated carbocycles. The van der Waals surface area contributed by atoms with Gasteiger partial charge >= 0.3 is 0 Å². The number of rotatable bonds is 9. The predicted octanol–water partition coefficient (Wildman–Crippen LogP) is 3.20. The van der Waals surface area contributed by atoms with Crippen LogP contribution in [0, 0.1) is 6.92 Å². The fourth-order valence-corrected chi connectivity index (χ4v) is 4.49. The van der Waals surface area contributed by atoms with Crippen molar-refractivity contribution in [2.75, 3.05) is 17.2 Å². The van der Waals surface area contributed by atoms with Crippen LogP contribution >= 0.6 is 23.1 Å². The maximum atomic E-state index is 12.1. The number of nitrogens with zero attached hydrogens (tertiary/aromatic N) is 3. The molecule has 144 valence electrons. The molecule has 27 heavy (non-hydrogen) atoms. The van der Waals surface area contributed by atoms with E-state index in [9.17, 15) is 9.59 Å². The van der Waals surface area contributed by atoms with Gasteiger partial charge in [-0.25, -0.2) is 0 Å². The van der Waals surface area contributed by atoms with Crippen molar-refractivity contribution in [2.24, 2.45) is 0 Å². The second-order valence-electron chi connectivity index (χ2n) is 6.51. The Morgan fingerprint density at radius 3 is 2.78 bits per heavy atom. The first-order chi connectivity index (χ1) is 13.1. The number of aryl methyl sites for hydroxylation is 1. The van der Waals surface area contributed by atoms with E-state index in [2.05, 4.69) is 34.6 Å². The second-order valence-corrected chi connectivity index (χ2v) is 8.69. The first-order valence-corrected chi connectivity index (χ1v) is 11.0. The number of benzene rings is 1.